The van der Waals surface area contributed by atoms with Gasteiger partial charge in [0, 0.05) is 24.0 Å². The van der Waals surface area contributed by atoms with Crippen molar-refractivity contribution in [2.24, 2.45) is 0 Å². The van der Waals surface area contributed by atoms with E-state index in [1.54, 1.807) is 27.2 Å². The molecule has 0 aliphatic heterocycles. The van der Waals surface area contributed by atoms with E-state index in [-0.39, 0.29) is 5.91 Å². The van der Waals surface area contributed by atoms with E-state index in [4.69, 9.17) is 14.0 Å². The minimum Gasteiger partial charge on any atom is -0.497 e. The van der Waals surface area contributed by atoms with Crippen LogP contribution < -0.4 is 14.8 Å². The van der Waals surface area contributed by atoms with Crippen molar-refractivity contribution in [1.29, 1.82) is 0 Å². The average molecular weight is 407 g/mol. The first-order valence-corrected chi connectivity index (χ1v) is 9.35. The molecule has 0 saturated carbocycles. The van der Waals surface area contributed by atoms with Crippen molar-refractivity contribution < 1.29 is 18.8 Å². The Balaban J connectivity index is 1.41. The molecule has 9 heteroatoms. The Kier molecular flexibility index (Phi) is 5.34. The van der Waals surface area contributed by atoms with Gasteiger partial charge in [0.2, 0.25) is 0 Å². The number of nitrogens with zero attached hydrogens (tertiary/aromatic N) is 3. The topological polar surface area (TPSA) is 115 Å². The van der Waals surface area contributed by atoms with Crippen LogP contribution in [0.25, 0.3) is 11.1 Å². The predicted octanol–water partition coefficient (Wildman–Crippen LogP) is 3.31. The molecule has 9 nitrogen and oxygen atoms in total. The fraction of sp³-hybridized carbons (Fsp3) is 0.238. The predicted molar refractivity (Wildman–Crippen MR) is 110 cm³/mol. The van der Waals surface area contributed by atoms with E-state index in [0.717, 1.165) is 29.2 Å². The fourth-order valence-electron chi connectivity index (χ4n) is 3.10. The zero-order valence-corrected chi connectivity index (χ0v) is 16.9. The Morgan fingerprint density at radius 3 is 2.60 bits per heavy atom. The van der Waals surface area contributed by atoms with E-state index < -0.39 is 0 Å². The monoisotopic (exact) mass is 407 g/mol. The summed E-state index contributed by atoms with van der Waals surface area (Å²) in [5, 5.41) is 14.5. The number of aromatic nitrogens is 4. The van der Waals surface area contributed by atoms with Crippen molar-refractivity contribution >= 4 is 22.8 Å². The third kappa shape index (κ3) is 4.09. The van der Waals surface area contributed by atoms with Gasteiger partial charge >= 0.3 is 0 Å². The van der Waals surface area contributed by atoms with Crippen molar-refractivity contribution in [3.63, 3.8) is 0 Å². The van der Waals surface area contributed by atoms with Crippen LogP contribution in [-0.4, -0.2) is 40.5 Å². The number of H-pyrrole nitrogens is 1. The van der Waals surface area contributed by atoms with Gasteiger partial charge in [0.25, 0.3) is 11.6 Å². The standard InChI is InChI=1S/C21H21N5O4/c1-12-18-8-14(11-22-21(18)30-26-12)20(27)23-19-9-15(24-25-19)5-4-13-6-16(28-2)10-17(7-13)29-3/h6-11H,4-5H2,1-3H3,(H2,23,24,25,27). The number of methoxy groups -OCH3 is 2. The summed E-state index contributed by atoms with van der Waals surface area (Å²) >= 11 is 0. The molecule has 0 spiro atoms. The maximum absolute atomic E-state index is 12.5. The molecule has 4 rings (SSSR count). The first-order chi connectivity index (χ1) is 14.6. The van der Waals surface area contributed by atoms with E-state index in [2.05, 4.69) is 25.7 Å². The quantitative estimate of drug-likeness (QED) is 0.483. The van der Waals surface area contributed by atoms with Crippen molar-refractivity contribution in [3.8, 4) is 11.5 Å². The molecule has 0 radical (unpaired) electrons. The lowest BCUT2D eigenvalue weighted by molar-refractivity contribution is 0.102. The number of hydrogen-bond acceptors (Lipinski definition) is 7. The van der Waals surface area contributed by atoms with Crippen molar-refractivity contribution in [3.05, 3.63) is 59.0 Å². The molecular formula is C21H21N5O4. The minimum atomic E-state index is -0.305. The van der Waals surface area contributed by atoms with Gasteiger partial charge in [0.15, 0.2) is 5.82 Å². The summed E-state index contributed by atoms with van der Waals surface area (Å²) in [5.74, 6) is 1.63. The van der Waals surface area contributed by atoms with Gasteiger partial charge in [-0.25, -0.2) is 4.98 Å². The Morgan fingerprint density at radius 1 is 1.10 bits per heavy atom. The third-order valence-electron chi connectivity index (χ3n) is 4.74. The van der Waals surface area contributed by atoms with E-state index in [0.29, 0.717) is 34.6 Å². The van der Waals surface area contributed by atoms with E-state index in [9.17, 15) is 4.79 Å². The lowest BCUT2D eigenvalue weighted by Gasteiger charge is -2.08. The third-order valence-corrected chi connectivity index (χ3v) is 4.74. The molecule has 0 fully saturated rings. The molecule has 1 amide bonds. The number of aromatic amines is 1. The van der Waals surface area contributed by atoms with Crippen LogP contribution in [-0.2, 0) is 12.8 Å². The molecular weight excluding hydrogens is 386 g/mol. The Labute approximate surface area is 172 Å². The van der Waals surface area contributed by atoms with Gasteiger partial charge in [-0.05, 0) is 43.5 Å². The van der Waals surface area contributed by atoms with Crippen molar-refractivity contribution in [1.82, 2.24) is 20.3 Å². The number of carbonyl (C=O) groups is 1. The second-order valence-corrected chi connectivity index (χ2v) is 6.80. The minimum absolute atomic E-state index is 0.305. The second kappa shape index (κ2) is 8.24. The van der Waals surface area contributed by atoms with E-state index in [1.807, 2.05) is 24.3 Å². The smallest absolute Gasteiger partial charge is 0.258 e. The number of fused-ring (bicyclic) bond motifs is 1. The summed E-state index contributed by atoms with van der Waals surface area (Å²) < 4.78 is 15.7. The lowest BCUT2D eigenvalue weighted by atomic mass is 10.1. The largest absolute Gasteiger partial charge is 0.497 e. The number of carbonyl (C=O) groups excluding carboxylic acids is 1. The van der Waals surface area contributed by atoms with Gasteiger partial charge in [-0.2, -0.15) is 5.10 Å². The number of anilines is 1. The molecule has 0 saturated heterocycles. The number of benzene rings is 1. The van der Waals surface area contributed by atoms with Crippen LogP contribution in [0.4, 0.5) is 5.82 Å². The van der Waals surface area contributed by atoms with Gasteiger partial charge in [-0.1, -0.05) is 5.16 Å². The maximum atomic E-state index is 12.5. The number of rotatable bonds is 7. The Morgan fingerprint density at radius 2 is 1.87 bits per heavy atom. The number of amides is 1. The lowest BCUT2D eigenvalue weighted by Crippen LogP contribution is -2.12. The molecule has 4 aromatic rings. The first kappa shape index (κ1) is 19.4. The fourth-order valence-corrected chi connectivity index (χ4v) is 3.10. The molecule has 0 atom stereocenters. The van der Waals surface area contributed by atoms with Crippen molar-refractivity contribution in [2.45, 2.75) is 19.8 Å². The SMILES string of the molecule is COc1cc(CCc2cc(NC(=O)c3cnc4onc(C)c4c3)n[nH]2)cc(OC)c1. The van der Waals surface area contributed by atoms with Gasteiger partial charge in [-0.3, -0.25) is 9.89 Å². The Bertz CT molecular complexity index is 1180. The van der Waals surface area contributed by atoms with Crippen LogP contribution in [0.15, 0.2) is 41.1 Å². The molecule has 3 aromatic heterocycles. The molecule has 1 aromatic carbocycles. The zero-order valence-electron chi connectivity index (χ0n) is 16.9. The van der Waals surface area contributed by atoms with Crippen LogP contribution in [0.2, 0.25) is 0 Å². The summed E-state index contributed by atoms with van der Waals surface area (Å²) in [7, 11) is 3.25. The zero-order chi connectivity index (χ0) is 21.1. The van der Waals surface area contributed by atoms with Crippen LogP contribution in [0, 0.1) is 6.92 Å². The number of pyridine rings is 1. The van der Waals surface area contributed by atoms with Crippen LogP contribution in [0.1, 0.15) is 27.3 Å². The van der Waals surface area contributed by atoms with Gasteiger partial charge in [0.1, 0.15) is 11.5 Å². The van der Waals surface area contributed by atoms with Crippen LogP contribution in [0.3, 0.4) is 0 Å². The molecule has 154 valence electrons. The molecule has 0 aliphatic rings. The number of aryl methyl sites for hydroxylation is 3. The molecule has 30 heavy (non-hydrogen) atoms. The van der Waals surface area contributed by atoms with E-state index in [1.165, 1.54) is 6.20 Å². The summed E-state index contributed by atoms with van der Waals surface area (Å²) in [6.45, 7) is 1.80. The summed E-state index contributed by atoms with van der Waals surface area (Å²) in [6.07, 6.45) is 2.93. The van der Waals surface area contributed by atoms with E-state index >= 15 is 0 Å². The molecule has 0 aliphatic carbocycles. The molecule has 3 heterocycles. The van der Waals surface area contributed by atoms with Crippen LogP contribution in [0.5, 0.6) is 11.5 Å². The van der Waals surface area contributed by atoms with Gasteiger partial charge in [0.05, 0.1) is 30.9 Å². The van der Waals surface area contributed by atoms with Gasteiger partial charge in [-0.15, -0.1) is 0 Å². The van der Waals surface area contributed by atoms with Crippen molar-refractivity contribution in [2.75, 3.05) is 19.5 Å². The molecule has 0 unspecified atom stereocenters. The molecule has 0 bridgehead atoms. The highest BCUT2D eigenvalue weighted by atomic mass is 16.5. The summed E-state index contributed by atoms with van der Waals surface area (Å²) in [5.41, 5.74) is 3.47. The normalized spacial score (nSPS) is 10.9. The number of nitrogens with one attached hydrogen (secondary N) is 2. The highest BCUT2D eigenvalue weighted by molar-refractivity contribution is 6.05. The van der Waals surface area contributed by atoms with Crippen LogP contribution >= 0.6 is 0 Å². The highest BCUT2D eigenvalue weighted by Crippen LogP contribution is 2.23. The number of hydrogen-bond donors (Lipinski definition) is 2. The maximum Gasteiger partial charge on any atom is 0.258 e. The number of ether oxygens (including phenoxy) is 2. The molecule has 2 N–H and O–H groups in total. The second-order valence-electron chi connectivity index (χ2n) is 6.80. The average Bonchev–Trinajstić information content (AvgIpc) is 3.38. The summed E-state index contributed by atoms with van der Waals surface area (Å²) in [4.78, 5) is 16.7. The highest BCUT2D eigenvalue weighted by Gasteiger charge is 2.13. The van der Waals surface area contributed by atoms with Gasteiger partial charge < -0.3 is 19.3 Å². The summed E-state index contributed by atoms with van der Waals surface area (Å²) in [6, 6.07) is 9.29. The first-order valence-electron chi connectivity index (χ1n) is 9.35. The Hall–Kier alpha value is -3.88.